The lowest BCUT2D eigenvalue weighted by Gasteiger charge is -2.07. The zero-order valence-electron chi connectivity index (χ0n) is 8.95. The summed E-state index contributed by atoms with van der Waals surface area (Å²) in [5, 5.41) is 2.86. The summed E-state index contributed by atoms with van der Waals surface area (Å²) in [5.41, 5.74) is 0. The molecule has 0 spiro atoms. The Morgan fingerprint density at radius 3 is 2.76 bits per heavy atom. The van der Waals surface area contributed by atoms with E-state index in [9.17, 15) is 0 Å². The van der Waals surface area contributed by atoms with Gasteiger partial charge < -0.3 is 10.1 Å². The van der Waals surface area contributed by atoms with Crippen LogP contribution in [0.15, 0.2) is 39.4 Å². The SMILES string of the molecule is CNc1nccc(Oc2ccc(Br)cc2Br)n1. The monoisotopic (exact) mass is 357 g/mol. The van der Waals surface area contributed by atoms with Crippen LogP contribution in [0.1, 0.15) is 0 Å². The van der Waals surface area contributed by atoms with Crippen LogP contribution < -0.4 is 10.1 Å². The van der Waals surface area contributed by atoms with E-state index in [2.05, 4.69) is 47.1 Å². The molecule has 0 radical (unpaired) electrons. The summed E-state index contributed by atoms with van der Waals surface area (Å²) in [6.45, 7) is 0. The predicted molar refractivity (Wildman–Crippen MR) is 73.5 cm³/mol. The summed E-state index contributed by atoms with van der Waals surface area (Å²) in [5.74, 6) is 1.72. The van der Waals surface area contributed by atoms with Gasteiger partial charge in [0.05, 0.1) is 4.47 Å². The lowest BCUT2D eigenvalue weighted by atomic mass is 10.3. The normalized spacial score (nSPS) is 10.1. The van der Waals surface area contributed by atoms with Gasteiger partial charge in [0.2, 0.25) is 11.8 Å². The summed E-state index contributed by atoms with van der Waals surface area (Å²) >= 11 is 6.81. The van der Waals surface area contributed by atoms with Crippen LogP contribution in [0.4, 0.5) is 5.95 Å². The zero-order valence-corrected chi connectivity index (χ0v) is 12.1. The standard InChI is InChI=1S/C11H9Br2N3O/c1-14-11-15-5-4-10(16-11)17-9-3-2-7(12)6-8(9)13/h2-6H,1H3,(H,14,15,16). The van der Waals surface area contributed by atoms with Gasteiger partial charge in [-0.2, -0.15) is 4.98 Å². The van der Waals surface area contributed by atoms with Crippen molar-refractivity contribution in [2.45, 2.75) is 0 Å². The van der Waals surface area contributed by atoms with E-state index in [-0.39, 0.29) is 0 Å². The van der Waals surface area contributed by atoms with Gasteiger partial charge in [-0.15, -0.1) is 0 Å². The molecule has 6 heteroatoms. The Morgan fingerprint density at radius 1 is 1.24 bits per heavy atom. The minimum absolute atomic E-state index is 0.493. The molecule has 1 N–H and O–H groups in total. The van der Waals surface area contributed by atoms with Crippen molar-refractivity contribution in [3.8, 4) is 11.6 Å². The second kappa shape index (κ2) is 5.46. The maximum absolute atomic E-state index is 5.65. The molecule has 0 aliphatic rings. The maximum atomic E-state index is 5.65. The number of halogens is 2. The molecule has 0 saturated heterocycles. The van der Waals surface area contributed by atoms with Gasteiger partial charge in [-0.3, -0.25) is 0 Å². The number of aromatic nitrogens is 2. The highest BCUT2D eigenvalue weighted by molar-refractivity contribution is 9.11. The summed E-state index contributed by atoms with van der Waals surface area (Å²) in [6, 6.07) is 7.38. The van der Waals surface area contributed by atoms with Crippen molar-refractivity contribution < 1.29 is 4.74 Å². The number of nitrogens with zero attached hydrogens (tertiary/aromatic N) is 2. The van der Waals surface area contributed by atoms with E-state index < -0.39 is 0 Å². The van der Waals surface area contributed by atoms with Crippen LogP contribution in [0.3, 0.4) is 0 Å². The van der Waals surface area contributed by atoms with Crippen molar-refractivity contribution in [3.05, 3.63) is 39.4 Å². The Hall–Kier alpha value is -1.14. The first kappa shape index (κ1) is 12.3. The Morgan fingerprint density at radius 2 is 2.06 bits per heavy atom. The molecule has 88 valence electrons. The molecule has 2 aromatic rings. The molecule has 0 atom stereocenters. The van der Waals surface area contributed by atoms with Crippen molar-refractivity contribution in [2.75, 3.05) is 12.4 Å². The van der Waals surface area contributed by atoms with Gasteiger partial charge in [-0.05, 0) is 34.1 Å². The summed E-state index contributed by atoms with van der Waals surface area (Å²) in [7, 11) is 1.76. The third-order valence-electron chi connectivity index (χ3n) is 1.96. The van der Waals surface area contributed by atoms with E-state index in [1.807, 2.05) is 18.2 Å². The fourth-order valence-corrected chi connectivity index (χ4v) is 2.32. The minimum Gasteiger partial charge on any atom is -0.438 e. The van der Waals surface area contributed by atoms with Gasteiger partial charge in [0.1, 0.15) is 5.75 Å². The molecular weight excluding hydrogens is 350 g/mol. The number of benzene rings is 1. The second-order valence-corrected chi connectivity index (χ2v) is 4.92. The van der Waals surface area contributed by atoms with E-state index in [0.717, 1.165) is 8.95 Å². The average Bonchev–Trinajstić information content (AvgIpc) is 2.33. The van der Waals surface area contributed by atoms with E-state index in [1.54, 1.807) is 19.3 Å². The van der Waals surface area contributed by atoms with Crippen LogP contribution in [0.25, 0.3) is 0 Å². The maximum Gasteiger partial charge on any atom is 0.225 e. The van der Waals surface area contributed by atoms with Crippen molar-refractivity contribution in [1.82, 2.24) is 9.97 Å². The Kier molecular flexibility index (Phi) is 3.96. The molecule has 0 aliphatic carbocycles. The molecule has 0 saturated carbocycles. The molecule has 0 bridgehead atoms. The number of hydrogen-bond donors (Lipinski definition) is 1. The van der Waals surface area contributed by atoms with Crippen molar-refractivity contribution in [3.63, 3.8) is 0 Å². The van der Waals surface area contributed by atoms with E-state index in [1.165, 1.54) is 0 Å². The molecule has 1 aromatic carbocycles. The number of hydrogen-bond acceptors (Lipinski definition) is 4. The lowest BCUT2D eigenvalue weighted by Crippen LogP contribution is -1.97. The van der Waals surface area contributed by atoms with E-state index in [4.69, 9.17) is 4.74 Å². The largest absolute Gasteiger partial charge is 0.438 e. The molecule has 17 heavy (non-hydrogen) atoms. The van der Waals surface area contributed by atoms with Crippen LogP contribution in [0, 0.1) is 0 Å². The molecule has 4 nitrogen and oxygen atoms in total. The predicted octanol–water partition coefficient (Wildman–Crippen LogP) is 3.84. The molecule has 0 amide bonds. The smallest absolute Gasteiger partial charge is 0.225 e. The third kappa shape index (κ3) is 3.17. The number of rotatable bonds is 3. The molecule has 0 aliphatic heterocycles. The van der Waals surface area contributed by atoms with Crippen LogP contribution in [-0.4, -0.2) is 17.0 Å². The van der Waals surface area contributed by atoms with Gasteiger partial charge in [0.15, 0.2) is 0 Å². The van der Waals surface area contributed by atoms with Crippen LogP contribution in [0.5, 0.6) is 11.6 Å². The van der Waals surface area contributed by atoms with Gasteiger partial charge >= 0.3 is 0 Å². The molecule has 1 aromatic heterocycles. The fraction of sp³-hybridized carbons (Fsp3) is 0.0909. The Bertz CT molecular complexity index is 534. The number of anilines is 1. The lowest BCUT2D eigenvalue weighted by molar-refractivity contribution is 0.459. The van der Waals surface area contributed by atoms with Gasteiger partial charge in [0, 0.05) is 23.8 Å². The topological polar surface area (TPSA) is 47.0 Å². The van der Waals surface area contributed by atoms with Crippen molar-refractivity contribution >= 4 is 37.8 Å². The summed E-state index contributed by atoms with van der Waals surface area (Å²) in [4.78, 5) is 8.19. The zero-order chi connectivity index (χ0) is 12.3. The molecule has 0 fully saturated rings. The highest BCUT2D eigenvalue weighted by Gasteiger charge is 2.05. The highest BCUT2D eigenvalue weighted by Crippen LogP contribution is 2.31. The van der Waals surface area contributed by atoms with Crippen LogP contribution in [-0.2, 0) is 0 Å². The summed E-state index contributed by atoms with van der Waals surface area (Å²) in [6.07, 6.45) is 1.64. The van der Waals surface area contributed by atoms with Crippen LogP contribution >= 0.6 is 31.9 Å². The first-order valence-corrected chi connectivity index (χ1v) is 6.41. The minimum atomic E-state index is 0.493. The molecule has 0 unspecified atom stereocenters. The molecular formula is C11H9Br2N3O. The van der Waals surface area contributed by atoms with E-state index >= 15 is 0 Å². The van der Waals surface area contributed by atoms with Crippen molar-refractivity contribution in [2.24, 2.45) is 0 Å². The number of nitrogens with one attached hydrogen (secondary N) is 1. The summed E-state index contributed by atoms with van der Waals surface area (Å²) < 4.78 is 7.49. The van der Waals surface area contributed by atoms with E-state index in [0.29, 0.717) is 17.6 Å². The molecule has 2 rings (SSSR count). The van der Waals surface area contributed by atoms with Gasteiger partial charge in [-0.25, -0.2) is 4.98 Å². The molecule has 1 heterocycles. The van der Waals surface area contributed by atoms with Gasteiger partial charge in [0.25, 0.3) is 0 Å². The fourth-order valence-electron chi connectivity index (χ4n) is 1.19. The third-order valence-corrected chi connectivity index (χ3v) is 3.08. The highest BCUT2D eigenvalue weighted by atomic mass is 79.9. The Balaban J connectivity index is 2.25. The first-order valence-electron chi connectivity index (χ1n) is 4.83. The average molecular weight is 359 g/mol. The van der Waals surface area contributed by atoms with Gasteiger partial charge in [-0.1, -0.05) is 15.9 Å². The Labute approximate surface area is 116 Å². The quantitative estimate of drug-likeness (QED) is 0.905. The second-order valence-electron chi connectivity index (χ2n) is 3.15. The van der Waals surface area contributed by atoms with Crippen molar-refractivity contribution in [1.29, 1.82) is 0 Å². The first-order chi connectivity index (χ1) is 8.19. The number of ether oxygens (including phenoxy) is 1. The van der Waals surface area contributed by atoms with Crippen LogP contribution in [0.2, 0.25) is 0 Å².